The predicted octanol–water partition coefficient (Wildman–Crippen LogP) is 2.42. The quantitative estimate of drug-likeness (QED) is 0.848. The van der Waals surface area contributed by atoms with E-state index < -0.39 is 0 Å². The van der Waals surface area contributed by atoms with E-state index in [-0.39, 0.29) is 11.3 Å². The Labute approximate surface area is 132 Å². The van der Waals surface area contributed by atoms with Gasteiger partial charge in [0.25, 0.3) is 0 Å². The third kappa shape index (κ3) is 4.01. The van der Waals surface area contributed by atoms with Crippen molar-refractivity contribution in [1.82, 2.24) is 10.6 Å². The van der Waals surface area contributed by atoms with Crippen molar-refractivity contribution in [2.24, 2.45) is 5.92 Å². The summed E-state index contributed by atoms with van der Waals surface area (Å²) in [7, 11) is 0. The van der Waals surface area contributed by atoms with E-state index in [9.17, 15) is 4.79 Å². The summed E-state index contributed by atoms with van der Waals surface area (Å²) >= 11 is 1.83. The first-order chi connectivity index (χ1) is 10.2. The van der Waals surface area contributed by atoms with E-state index in [0.717, 1.165) is 43.8 Å². The molecule has 116 valence electrons. The fourth-order valence-corrected chi connectivity index (χ4v) is 3.72. The van der Waals surface area contributed by atoms with E-state index in [0.29, 0.717) is 5.92 Å². The Bertz CT molecular complexity index is 443. The zero-order valence-electron chi connectivity index (χ0n) is 13.0. The van der Waals surface area contributed by atoms with Gasteiger partial charge in [0.05, 0.1) is 5.41 Å². The fraction of sp³-hybridized carbons (Fsp3) is 0.588. The summed E-state index contributed by atoms with van der Waals surface area (Å²) in [6.45, 7) is 4.77. The van der Waals surface area contributed by atoms with Gasteiger partial charge in [-0.05, 0) is 49.4 Å². The van der Waals surface area contributed by atoms with Crippen molar-refractivity contribution in [1.29, 1.82) is 0 Å². The molecule has 2 N–H and O–H groups in total. The number of carbonyl (C=O) groups is 1. The average Bonchev–Trinajstić information content (AvgIpc) is 2.54. The molecule has 0 aliphatic carbocycles. The van der Waals surface area contributed by atoms with Crippen LogP contribution in [0.1, 0.15) is 25.3 Å². The third-order valence-electron chi connectivity index (χ3n) is 4.28. The van der Waals surface area contributed by atoms with Crippen LogP contribution in [0.3, 0.4) is 0 Å². The molecule has 1 saturated heterocycles. The van der Waals surface area contributed by atoms with Crippen LogP contribution in [-0.4, -0.2) is 37.6 Å². The molecule has 1 heterocycles. The normalized spacial score (nSPS) is 19.0. The van der Waals surface area contributed by atoms with Gasteiger partial charge in [-0.3, -0.25) is 4.79 Å². The number of amides is 1. The van der Waals surface area contributed by atoms with Crippen LogP contribution in [0.4, 0.5) is 0 Å². The van der Waals surface area contributed by atoms with Crippen molar-refractivity contribution in [3.8, 4) is 0 Å². The average molecular weight is 306 g/mol. The van der Waals surface area contributed by atoms with Gasteiger partial charge >= 0.3 is 0 Å². The standard InChI is InChI=1S/C17H26N2OS/c1-14(13-21-2)12-19-16(20)17(8-10-18-11-9-17)15-6-4-3-5-7-15/h3-7,14,18H,8-13H2,1-2H3,(H,19,20). The fourth-order valence-electron chi connectivity index (χ4n) is 3.04. The van der Waals surface area contributed by atoms with Crippen LogP contribution in [0.15, 0.2) is 30.3 Å². The van der Waals surface area contributed by atoms with Gasteiger partial charge in [-0.15, -0.1) is 0 Å². The van der Waals surface area contributed by atoms with Crippen LogP contribution in [0, 0.1) is 5.92 Å². The molecule has 1 atom stereocenters. The number of piperidine rings is 1. The van der Waals surface area contributed by atoms with E-state index >= 15 is 0 Å². The molecule has 1 unspecified atom stereocenters. The van der Waals surface area contributed by atoms with Gasteiger partial charge in [0.2, 0.25) is 5.91 Å². The molecular formula is C17H26N2OS. The van der Waals surface area contributed by atoms with Crippen LogP contribution < -0.4 is 10.6 Å². The van der Waals surface area contributed by atoms with Crippen LogP contribution in [0.25, 0.3) is 0 Å². The van der Waals surface area contributed by atoms with Crippen LogP contribution in [-0.2, 0) is 10.2 Å². The van der Waals surface area contributed by atoms with Gasteiger partial charge in [0.15, 0.2) is 0 Å². The molecule has 1 aromatic rings. The Hall–Kier alpha value is -1.00. The molecule has 2 rings (SSSR count). The summed E-state index contributed by atoms with van der Waals surface area (Å²) in [5.41, 5.74) is 0.799. The Morgan fingerprint density at radius 1 is 1.33 bits per heavy atom. The summed E-state index contributed by atoms with van der Waals surface area (Å²) in [5.74, 6) is 1.79. The summed E-state index contributed by atoms with van der Waals surface area (Å²) < 4.78 is 0. The lowest BCUT2D eigenvalue weighted by Crippen LogP contribution is -2.51. The number of nitrogens with one attached hydrogen (secondary N) is 2. The van der Waals surface area contributed by atoms with Crippen molar-refractivity contribution < 1.29 is 4.79 Å². The van der Waals surface area contributed by atoms with E-state index in [4.69, 9.17) is 0 Å². The first-order valence-corrected chi connectivity index (χ1v) is 9.12. The highest BCUT2D eigenvalue weighted by molar-refractivity contribution is 7.98. The number of benzene rings is 1. The molecule has 1 aliphatic rings. The third-order valence-corrected chi connectivity index (χ3v) is 5.18. The Morgan fingerprint density at radius 3 is 2.62 bits per heavy atom. The van der Waals surface area contributed by atoms with Gasteiger partial charge in [0, 0.05) is 6.54 Å². The molecule has 0 bridgehead atoms. The van der Waals surface area contributed by atoms with Gasteiger partial charge in [-0.25, -0.2) is 0 Å². The van der Waals surface area contributed by atoms with E-state index in [1.807, 2.05) is 30.0 Å². The van der Waals surface area contributed by atoms with E-state index in [2.05, 4.69) is 35.9 Å². The molecule has 4 heteroatoms. The van der Waals surface area contributed by atoms with Crippen molar-refractivity contribution in [3.63, 3.8) is 0 Å². The van der Waals surface area contributed by atoms with Crippen molar-refractivity contribution in [2.75, 3.05) is 31.6 Å². The van der Waals surface area contributed by atoms with Gasteiger partial charge in [-0.2, -0.15) is 11.8 Å². The minimum atomic E-state index is -0.356. The summed E-state index contributed by atoms with van der Waals surface area (Å²) in [6.07, 6.45) is 3.86. The smallest absolute Gasteiger partial charge is 0.230 e. The first kappa shape index (κ1) is 16.4. The minimum absolute atomic E-state index is 0.197. The van der Waals surface area contributed by atoms with E-state index in [1.165, 1.54) is 0 Å². The van der Waals surface area contributed by atoms with Crippen molar-refractivity contribution in [3.05, 3.63) is 35.9 Å². The molecule has 1 aromatic carbocycles. The van der Waals surface area contributed by atoms with Crippen molar-refractivity contribution >= 4 is 17.7 Å². The molecule has 1 amide bonds. The lowest BCUT2D eigenvalue weighted by molar-refractivity contribution is -0.128. The molecule has 0 radical (unpaired) electrons. The lowest BCUT2D eigenvalue weighted by atomic mass is 9.72. The Morgan fingerprint density at radius 2 is 2.00 bits per heavy atom. The summed E-state index contributed by atoms with van der Waals surface area (Å²) in [6, 6.07) is 10.3. The number of rotatable bonds is 6. The number of hydrogen-bond donors (Lipinski definition) is 2. The number of hydrogen-bond acceptors (Lipinski definition) is 3. The van der Waals surface area contributed by atoms with Gasteiger partial charge in [0.1, 0.15) is 0 Å². The molecule has 1 fully saturated rings. The Balaban J connectivity index is 2.11. The van der Waals surface area contributed by atoms with Crippen molar-refractivity contribution in [2.45, 2.75) is 25.2 Å². The maximum absolute atomic E-state index is 12.9. The lowest BCUT2D eigenvalue weighted by Gasteiger charge is -2.37. The molecule has 0 aromatic heterocycles. The topological polar surface area (TPSA) is 41.1 Å². The highest BCUT2D eigenvalue weighted by Crippen LogP contribution is 2.33. The second-order valence-electron chi connectivity index (χ2n) is 5.97. The van der Waals surface area contributed by atoms with Crippen LogP contribution >= 0.6 is 11.8 Å². The maximum atomic E-state index is 12.9. The second-order valence-corrected chi connectivity index (χ2v) is 6.88. The van der Waals surface area contributed by atoms with Gasteiger partial charge in [-0.1, -0.05) is 37.3 Å². The molecule has 0 saturated carbocycles. The van der Waals surface area contributed by atoms with E-state index in [1.54, 1.807) is 0 Å². The molecule has 21 heavy (non-hydrogen) atoms. The predicted molar refractivity (Wildman–Crippen MR) is 90.8 cm³/mol. The molecule has 1 aliphatic heterocycles. The first-order valence-electron chi connectivity index (χ1n) is 7.72. The molecule has 3 nitrogen and oxygen atoms in total. The van der Waals surface area contributed by atoms with Gasteiger partial charge < -0.3 is 10.6 Å². The zero-order chi connectivity index (χ0) is 15.1. The monoisotopic (exact) mass is 306 g/mol. The van der Waals surface area contributed by atoms with Crippen LogP contribution in [0.5, 0.6) is 0 Å². The SMILES string of the molecule is CSCC(C)CNC(=O)C1(c2ccccc2)CCNCC1. The largest absolute Gasteiger partial charge is 0.355 e. The summed E-state index contributed by atoms with van der Waals surface area (Å²) in [5, 5.41) is 6.56. The zero-order valence-corrected chi connectivity index (χ0v) is 13.8. The number of thioether (sulfide) groups is 1. The maximum Gasteiger partial charge on any atom is 0.230 e. The summed E-state index contributed by atoms with van der Waals surface area (Å²) in [4.78, 5) is 12.9. The van der Waals surface area contributed by atoms with Crippen LogP contribution in [0.2, 0.25) is 0 Å². The molecule has 0 spiro atoms. The highest BCUT2D eigenvalue weighted by Gasteiger charge is 2.40. The molecular weight excluding hydrogens is 280 g/mol. The highest BCUT2D eigenvalue weighted by atomic mass is 32.2. The Kier molecular flexibility index (Phi) is 6.12. The minimum Gasteiger partial charge on any atom is -0.355 e. The number of carbonyl (C=O) groups excluding carboxylic acids is 1. The second kappa shape index (κ2) is 7.85.